The van der Waals surface area contributed by atoms with E-state index in [1.54, 1.807) is 0 Å². The van der Waals surface area contributed by atoms with Crippen molar-refractivity contribution in [1.29, 1.82) is 0 Å². The Kier molecular flexibility index (Phi) is 7.20. The van der Waals surface area contributed by atoms with Gasteiger partial charge in [-0.2, -0.15) is 0 Å². The Labute approximate surface area is 95.7 Å². The van der Waals surface area contributed by atoms with Crippen molar-refractivity contribution in [2.75, 3.05) is 19.6 Å². The van der Waals surface area contributed by atoms with E-state index in [0.29, 0.717) is 5.41 Å². The van der Waals surface area contributed by atoms with Crippen LogP contribution >= 0.6 is 0 Å². The molecule has 15 heavy (non-hydrogen) atoms. The fourth-order valence-electron chi connectivity index (χ4n) is 1.62. The maximum absolute atomic E-state index is 9.83. The molecule has 0 radical (unpaired) electrons. The van der Waals surface area contributed by atoms with Crippen LogP contribution in [0.3, 0.4) is 0 Å². The first-order valence-corrected chi connectivity index (χ1v) is 6.29. The Hall–Kier alpha value is -0.0800. The van der Waals surface area contributed by atoms with Gasteiger partial charge in [0.1, 0.15) is 0 Å². The van der Waals surface area contributed by atoms with E-state index < -0.39 is 0 Å². The molecule has 0 fully saturated rings. The first kappa shape index (κ1) is 14.9. The van der Waals surface area contributed by atoms with Crippen LogP contribution in [0.5, 0.6) is 0 Å². The van der Waals surface area contributed by atoms with Gasteiger partial charge in [0.25, 0.3) is 0 Å². The lowest BCUT2D eigenvalue weighted by Gasteiger charge is -2.23. The molecule has 0 aliphatic heterocycles. The first-order chi connectivity index (χ1) is 6.89. The molecule has 0 bridgehead atoms. The second kappa shape index (κ2) is 7.24. The van der Waals surface area contributed by atoms with Crippen LogP contribution in [0.4, 0.5) is 0 Å². The Balaban J connectivity index is 3.61. The fraction of sp³-hybridized carbons (Fsp3) is 1.00. The van der Waals surface area contributed by atoms with Crippen molar-refractivity contribution < 1.29 is 5.11 Å². The molecule has 0 saturated heterocycles. The number of nitrogens with zero attached hydrogens (tertiary/aromatic N) is 1. The van der Waals surface area contributed by atoms with E-state index >= 15 is 0 Å². The minimum Gasteiger partial charge on any atom is -0.393 e. The van der Waals surface area contributed by atoms with Gasteiger partial charge in [-0.1, -0.05) is 34.6 Å². The maximum atomic E-state index is 9.83. The molecule has 1 unspecified atom stereocenters. The van der Waals surface area contributed by atoms with Gasteiger partial charge in [0.15, 0.2) is 0 Å². The van der Waals surface area contributed by atoms with Gasteiger partial charge in [-0.25, -0.2) is 0 Å². The first-order valence-electron chi connectivity index (χ1n) is 6.29. The van der Waals surface area contributed by atoms with Gasteiger partial charge in [-0.3, -0.25) is 0 Å². The van der Waals surface area contributed by atoms with Crippen LogP contribution in [0, 0.1) is 5.41 Å². The Morgan fingerprint density at radius 1 is 1.07 bits per heavy atom. The Bertz CT molecular complexity index is 147. The van der Waals surface area contributed by atoms with Crippen LogP contribution in [0.1, 0.15) is 53.9 Å². The molecule has 0 heterocycles. The highest BCUT2D eigenvalue weighted by atomic mass is 16.3. The van der Waals surface area contributed by atoms with Crippen molar-refractivity contribution in [1.82, 2.24) is 4.90 Å². The van der Waals surface area contributed by atoms with E-state index in [9.17, 15) is 5.11 Å². The summed E-state index contributed by atoms with van der Waals surface area (Å²) < 4.78 is 0. The lowest BCUT2D eigenvalue weighted by atomic mass is 9.89. The van der Waals surface area contributed by atoms with E-state index in [4.69, 9.17) is 0 Å². The second-order valence-corrected chi connectivity index (χ2v) is 5.57. The minimum absolute atomic E-state index is 0.121. The predicted octanol–water partition coefficient (Wildman–Crippen LogP) is 2.91. The highest BCUT2D eigenvalue weighted by Crippen LogP contribution is 2.22. The van der Waals surface area contributed by atoms with Crippen molar-refractivity contribution >= 4 is 0 Å². The summed E-state index contributed by atoms with van der Waals surface area (Å²) in [7, 11) is 0. The van der Waals surface area contributed by atoms with E-state index in [1.165, 1.54) is 0 Å². The molecule has 2 heteroatoms. The monoisotopic (exact) mass is 215 g/mol. The molecule has 2 nitrogen and oxygen atoms in total. The second-order valence-electron chi connectivity index (χ2n) is 5.57. The summed E-state index contributed by atoms with van der Waals surface area (Å²) in [4.78, 5) is 2.36. The fourth-order valence-corrected chi connectivity index (χ4v) is 1.62. The van der Waals surface area contributed by atoms with E-state index in [-0.39, 0.29) is 6.10 Å². The number of rotatable bonds is 7. The predicted molar refractivity (Wildman–Crippen MR) is 67.1 cm³/mol. The molecule has 0 aromatic rings. The van der Waals surface area contributed by atoms with E-state index in [2.05, 4.69) is 39.5 Å². The summed E-state index contributed by atoms with van der Waals surface area (Å²) in [6.45, 7) is 14.2. The zero-order valence-electron chi connectivity index (χ0n) is 11.2. The maximum Gasteiger partial charge on any atom is 0.0552 e. The van der Waals surface area contributed by atoms with Gasteiger partial charge < -0.3 is 10.0 Å². The standard InChI is InChI=1S/C13H29NO/c1-6-14(7-2)11-9-12(15)8-10-13(3,4)5/h12,15H,6-11H2,1-5H3. The third-order valence-corrected chi connectivity index (χ3v) is 2.90. The van der Waals surface area contributed by atoms with Gasteiger partial charge in [0.2, 0.25) is 0 Å². The lowest BCUT2D eigenvalue weighted by molar-refractivity contribution is 0.121. The summed E-state index contributed by atoms with van der Waals surface area (Å²) in [5.74, 6) is 0. The molecule has 0 rings (SSSR count). The van der Waals surface area contributed by atoms with Crippen LogP contribution in [0.2, 0.25) is 0 Å². The lowest BCUT2D eigenvalue weighted by Crippen LogP contribution is -2.27. The summed E-state index contributed by atoms with van der Waals surface area (Å²) in [6.07, 6.45) is 2.83. The van der Waals surface area contributed by atoms with Crippen molar-refractivity contribution in [3.63, 3.8) is 0 Å². The topological polar surface area (TPSA) is 23.5 Å². The SMILES string of the molecule is CCN(CC)CCC(O)CCC(C)(C)C. The molecule has 0 aromatic heterocycles. The van der Waals surface area contributed by atoms with Crippen molar-refractivity contribution in [2.45, 2.75) is 60.0 Å². The van der Waals surface area contributed by atoms with Gasteiger partial charge in [-0.05, 0) is 37.8 Å². The molecule has 0 aromatic carbocycles. The molecule has 0 saturated carbocycles. The van der Waals surface area contributed by atoms with E-state index in [0.717, 1.165) is 38.9 Å². The number of aliphatic hydroxyl groups is 1. The number of hydrogen-bond donors (Lipinski definition) is 1. The van der Waals surface area contributed by atoms with E-state index in [1.807, 2.05) is 0 Å². The van der Waals surface area contributed by atoms with Crippen molar-refractivity contribution in [2.24, 2.45) is 5.41 Å². The van der Waals surface area contributed by atoms with Crippen LogP contribution in [0.15, 0.2) is 0 Å². The molecule has 0 aliphatic carbocycles. The summed E-state index contributed by atoms with van der Waals surface area (Å²) in [5.41, 5.74) is 0.343. The number of hydrogen-bond acceptors (Lipinski definition) is 2. The van der Waals surface area contributed by atoms with Crippen LogP contribution in [0.25, 0.3) is 0 Å². The normalized spacial score (nSPS) is 14.6. The molecule has 0 aliphatic rings. The summed E-state index contributed by atoms with van der Waals surface area (Å²) >= 11 is 0. The number of aliphatic hydroxyl groups excluding tert-OH is 1. The van der Waals surface area contributed by atoms with Gasteiger partial charge >= 0.3 is 0 Å². The largest absolute Gasteiger partial charge is 0.393 e. The highest BCUT2D eigenvalue weighted by Gasteiger charge is 2.13. The van der Waals surface area contributed by atoms with Crippen LogP contribution in [-0.2, 0) is 0 Å². The molecular weight excluding hydrogens is 186 g/mol. The minimum atomic E-state index is -0.121. The van der Waals surface area contributed by atoms with Gasteiger partial charge in [0.05, 0.1) is 6.10 Å². The van der Waals surface area contributed by atoms with Crippen molar-refractivity contribution in [3.8, 4) is 0 Å². The van der Waals surface area contributed by atoms with Crippen molar-refractivity contribution in [3.05, 3.63) is 0 Å². The summed E-state index contributed by atoms with van der Waals surface area (Å²) in [5, 5.41) is 9.83. The Morgan fingerprint density at radius 2 is 1.60 bits per heavy atom. The average molecular weight is 215 g/mol. The van der Waals surface area contributed by atoms with Crippen LogP contribution in [-0.4, -0.2) is 35.7 Å². The smallest absolute Gasteiger partial charge is 0.0552 e. The molecule has 1 N–H and O–H groups in total. The molecule has 0 spiro atoms. The molecule has 1 atom stereocenters. The zero-order chi connectivity index (χ0) is 11.9. The molecule has 0 amide bonds. The third kappa shape index (κ3) is 8.88. The summed E-state index contributed by atoms with van der Waals surface area (Å²) in [6, 6.07) is 0. The van der Waals surface area contributed by atoms with Crippen LogP contribution < -0.4 is 0 Å². The Morgan fingerprint density at radius 3 is 2.00 bits per heavy atom. The molecule has 92 valence electrons. The van der Waals surface area contributed by atoms with Gasteiger partial charge in [-0.15, -0.1) is 0 Å². The highest BCUT2D eigenvalue weighted by molar-refractivity contribution is 4.67. The molecular formula is C13H29NO. The third-order valence-electron chi connectivity index (χ3n) is 2.90. The average Bonchev–Trinajstić information content (AvgIpc) is 2.15. The quantitative estimate of drug-likeness (QED) is 0.706. The zero-order valence-corrected chi connectivity index (χ0v) is 11.2. The van der Waals surface area contributed by atoms with Gasteiger partial charge in [0, 0.05) is 6.54 Å².